The van der Waals surface area contributed by atoms with Crippen LogP contribution in [-0.4, -0.2) is 0 Å². The van der Waals surface area contributed by atoms with Crippen LogP contribution in [0.5, 0.6) is 11.5 Å². The maximum atomic E-state index is 5.80. The average Bonchev–Trinajstić information content (AvgIpc) is 2.07. The summed E-state index contributed by atoms with van der Waals surface area (Å²) in [6.07, 6.45) is 2.37. The number of benzene rings is 1. The Labute approximate surface area is 79.3 Å². The molecule has 1 heterocycles. The molecule has 61 valence electrons. The second-order valence-electron chi connectivity index (χ2n) is 2.15. The highest BCUT2D eigenvalue weighted by Gasteiger charge is 2.15. The largest absolute Gasteiger partial charge is 0.444 e. The Morgan fingerprint density at radius 1 is 1.25 bits per heavy atom. The highest BCUT2D eigenvalue weighted by atomic mass is 35.5. The molecule has 1 radical (unpaired) electrons. The van der Waals surface area contributed by atoms with E-state index in [2.05, 4.69) is 6.26 Å². The van der Waals surface area contributed by atoms with Gasteiger partial charge in [-0.2, -0.15) is 0 Å². The first-order valence-corrected chi connectivity index (χ1v) is 3.94. The van der Waals surface area contributed by atoms with Crippen LogP contribution < -0.4 is 9.47 Å². The summed E-state index contributed by atoms with van der Waals surface area (Å²) < 4.78 is 10.1. The van der Waals surface area contributed by atoms with Gasteiger partial charge < -0.3 is 9.47 Å². The summed E-state index contributed by atoms with van der Waals surface area (Å²) in [5.41, 5.74) is 0. The summed E-state index contributed by atoms with van der Waals surface area (Å²) in [5.74, 6) is 0.954. The molecule has 0 atom stereocenters. The molecule has 0 unspecified atom stereocenters. The first-order valence-electron chi connectivity index (χ1n) is 3.19. The van der Waals surface area contributed by atoms with Crippen LogP contribution in [0.2, 0.25) is 5.02 Å². The summed E-state index contributed by atoms with van der Waals surface area (Å²) in [4.78, 5) is 0. The Hall–Kier alpha value is -0.860. The Kier molecular flexibility index (Phi) is 1.87. The minimum absolute atomic E-state index is 0.0515. The summed E-state index contributed by atoms with van der Waals surface area (Å²) in [7, 11) is 0. The number of fused-ring (bicyclic) bond motifs is 1. The number of para-hydroxylation sites is 1. The van der Waals surface area contributed by atoms with Gasteiger partial charge in [0.15, 0.2) is 11.5 Å². The zero-order chi connectivity index (χ0) is 8.55. The second kappa shape index (κ2) is 2.88. The molecule has 0 N–H and O–H groups in total. The molecule has 0 bridgehead atoms. The van der Waals surface area contributed by atoms with E-state index in [1.807, 2.05) is 0 Å². The molecule has 1 aromatic carbocycles. The molecular formula is C8H3Cl2O2. The van der Waals surface area contributed by atoms with E-state index in [1.165, 1.54) is 0 Å². The van der Waals surface area contributed by atoms with Gasteiger partial charge in [0.2, 0.25) is 11.5 Å². The van der Waals surface area contributed by atoms with E-state index in [-0.39, 0.29) is 5.22 Å². The summed E-state index contributed by atoms with van der Waals surface area (Å²) >= 11 is 11.3. The van der Waals surface area contributed by atoms with Crippen molar-refractivity contribution in [2.24, 2.45) is 0 Å². The fourth-order valence-electron chi connectivity index (χ4n) is 0.874. The van der Waals surface area contributed by atoms with Gasteiger partial charge in [-0.15, -0.1) is 0 Å². The highest BCUT2D eigenvalue weighted by Crippen LogP contribution is 2.38. The lowest BCUT2D eigenvalue weighted by Gasteiger charge is -2.14. The van der Waals surface area contributed by atoms with Crippen LogP contribution in [0.1, 0.15) is 0 Å². The first kappa shape index (κ1) is 7.77. The molecule has 0 fully saturated rings. The predicted octanol–water partition coefficient (Wildman–Crippen LogP) is 2.95. The molecule has 0 saturated carbocycles. The molecule has 2 nitrogen and oxygen atoms in total. The van der Waals surface area contributed by atoms with Crippen molar-refractivity contribution in [3.63, 3.8) is 0 Å². The van der Waals surface area contributed by atoms with Crippen molar-refractivity contribution in [1.29, 1.82) is 0 Å². The van der Waals surface area contributed by atoms with E-state index in [0.29, 0.717) is 16.5 Å². The maximum absolute atomic E-state index is 5.80. The van der Waals surface area contributed by atoms with Gasteiger partial charge in [0.1, 0.15) is 0 Å². The standard InChI is InChI=1S/C8H3Cl2O2/c9-5-2-1-3-6-8(5)12-7(10)4-11-6/h1-3H. The molecule has 2 rings (SSSR count). The number of hydrogen-bond acceptors (Lipinski definition) is 2. The molecule has 0 amide bonds. The quantitative estimate of drug-likeness (QED) is 0.643. The van der Waals surface area contributed by atoms with E-state index in [9.17, 15) is 0 Å². The van der Waals surface area contributed by atoms with Gasteiger partial charge in [-0.05, 0) is 23.7 Å². The minimum atomic E-state index is 0.0515. The lowest BCUT2D eigenvalue weighted by Crippen LogP contribution is -2.01. The van der Waals surface area contributed by atoms with Crippen molar-refractivity contribution in [3.05, 3.63) is 34.7 Å². The molecule has 0 saturated heterocycles. The van der Waals surface area contributed by atoms with E-state index in [0.717, 1.165) is 0 Å². The Balaban J connectivity index is 2.49. The monoisotopic (exact) mass is 201 g/mol. The average molecular weight is 202 g/mol. The summed E-state index contributed by atoms with van der Waals surface area (Å²) in [5, 5.41) is 0.516. The molecule has 4 heteroatoms. The second-order valence-corrected chi connectivity index (χ2v) is 2.90. The van der Waals surface area contributed by atoms with Crippen LogP contribution in [0, 0.1) is 6.26 Å². The number of halogens is 2. The van der Waals surface area contributed by atoms with Crippen molar-refractivity contribution >= 4 is 23.2 Å². The molecule has 1 aliphatic heterocycles. The van der Waals surface area contributed by atoms with Crippen molar-refractivity contribution < 1.29 is 9.47 Å². The smallest absolute Gasteiger partial charge is 0.240 e. The van der Waals surface area contributed by atoms with Crippen LogP contribution in [0.4, 0.5) is 0 Å². The van der Waals surface area contributed by atoms with Gasteiger partial charge in [-0.3, -0.25) is 0 Å². The van der Waals surface area contributed by atoms with Crippen LogP contribution >= 0.6 is 23.2 Å². The minimum Gasteiger partial charge on any atom is -0.444 e. The lowest BCUT2D eigenvalue weighted by molar-refractivity contribution is 0.332. The van der Waals surface area contributed by atoms with Gasteiger partial charge in [0, 0.05) is 0 Å². The first-order chi connectivity index (χ1) is 5.77. The Bertz CT molecular complexity index is 347. The van der Waals surface area contributed by atoms with Gasteiger partial charge >= 0.3 is 0 Å². The third-order valence-electron chi connectivity index (χ3n) is 1.36. The summed E-state index contributed by atoms with van der Waals surface area (Å²) in [6.45, 7) is 0. The SMILES string of the molecule is ClC1=[C]Oc2cccc(Cl)c2O1. The normalized spacial score (nSPS) is 14.0. The van der Waals surface area contributed by atoms with Crippen molar-refractivity contribution in [2.75, 3.05) is 0 Å². The summed E-state index contributed by atoms with van der Waals surface area (Å²) in [6, 6.07) is 5.17. The van der Waals surface area contributed by atoms with Gasteiger partial charge in [-0.1, -0.05) is 17.7 Å². The topological polar surface area (TPSA) is 18.5 Å². The van der Waals surface area contributed by atoms with Crippen LogP contribution in [0.25, 0.3) is 0 Å². The number of ether oxygens (including phenoxy) is 2. The van der Waals surface area contributed by atoms with Crippen molar-refractivity contribution in [3.8, 4) is 11.5 Å². The third kappa shape index (κ3) is 1.24. The molecule has 12 heavy (non-hydrogen) atoms. The fourth-order valence-corrected chi connectivity index (χ4v) is 1.19. The van der Waals surface area contributed by atoms with Crippen LogP contribution in [-0.2, 0) is 0 Å². The zero-order valence-corrected chi connectivity index (χ0v) is 7.32. The molecule has 0 aliphatic carbocycles. The van der Waals surface area contributed by atoms with E-state index >= 15 is 0 Å². The van der Waals surface area contributed by atoms with Crippen molar-refractivity contribution in [1.82, 2.24) is 0 Å². The van der Waals surface area contributed by atoms with Gasteiger partial charge in [-0.25, -0.2) is 0 Å². The van der Waals surface area contributed by atoms with Crippen molar-refractivity contribution in [2.45, 2.75) is 0 Å². The fraction of sp³-hybridized carbons (Fsp3) is 0. The number of rotatable bonds is 0. The van der Waals surface area contributed by atoms with Gasteiger partial charge in [0.25, 0.3) is 0 Å². The van der Waals surface area contributed by atoms with Gasteiger partial charge in [0.05, 0.1) is 5.02 Å². The molecule has 0 spiro atoms. The third-order valence-corrected chi connectivity index (χ3v) is 1.82. The van der Waals surface area contributed by atoms with Crippen LogP contribution in [0.15, 0.2) is 23.4 Å². The number of hydrogen-bond donors (Lipinski definition) is 0. The Morgan fingerprint density at radius 2 is 2.08 bits per heavy atom. The predicted molar refractivity (Wildman–Crippen MR) is 45.3 cm³/mol. The van der Waals surface area contributed by atoms with E-state index in [4.69, 9.17) is 32.7 Å². The zero-order valence-electron chi connectivity index (χ0n) is 5.80. The molecular weight excluding hydrogens is 199 g/mol. The Morgan fingerprint density at radius 3 is 2.92 bits per heavy atom. The van der Waals surface area contributed by atoms with E-state index in [1.54, 1.807) is 18.2 Å². The van der Waals surface area contributed by atoms with E-state index < -0.39 is 0 Å². The highest BCUT2D eigenvalue weighted by molar-refractivity contribution is 6.32. The lowest BCUT2D eigenvalue weighted by atomic mass is 10.3. The van der Waals surface area contributed by atoms with Crippen LogP contribution in [0.3, 0.4) is 0 Å². The molecule has 0 aromatic heterocycles. The maximum Gasteiger partial charge on any atom is 0.240 e. The molecule has 1 aromatic rings. The molecule has 1 aliphatic rings.